The Labute approximate surface area is 116 Å². The number of rotatable bonds is 4. The van der Waals surface area contributed by atoms with Crippen LogP contribution >= 0.6 is 0 Å². The molecule has 0 bridgehead atoms. The molecule has 2 aromatic rings. The summed E-state index contributed by atoms with van der Waals surface area (Å²) in [6.45, 7) is 4.08. The number of aryl methyl sites for hydroxylation is 2. The smallest absolute Gasteiger partial charge is 0.273 e. The summed E-state index contributed by atoms with van der Waals surface area (Å²) >= 11 is 0. The molecule has 1 aromatic carbocycles. The van der Waals surface area contributed by atoms with Gasteiger partial charge >= 0.3 is 0 Å². The zero-order valence-electron chi connectivity index (χ0n) is 11.3. The molecule has 0 radical (unpaired) electrons. The Kier molecular flexibility index (Phi) is 3.95. The first-order chi connectivity index (χ1) is 9.51. The molecule has 0 unspecified atom stereocenters. The van der Waals surface area contributed by atoms with Gasteiger partial charge in [-0.1, -0.05) is 0 Å². The predicted molar refractivity (Wildman–Crippen MR) is 74.8 cm³/mol. The van der Waals surface area contributed by atoms with Crippen LogP contribution in [0, 0.1) is 24.0 Å². The topological polar surface area (TPSA) is 91.3 Å². The third-order valence-electron chi connectivity index (χ3n) is 2.91. The first-order valence-electron chi connectivity index (χ1n) is 6.09. The molecule has 0 saturated heterocycles. The third kappa shape index (κ3) is 2.92. The molecule has 2 rings (SSSR count). The van der Waals surface area contributed by atoms with Crippen molar-refractivity contribution in [2.24, 2.45) is 5.73 Å². The van der Waals surface area contributed by atoms with Crippen LogP contribution in [-0.4, -0.2) is 9.91 Å². The van der Waals surface area contributed by atoms with Gasteiger partial charge in [0.25, 0.3) is 5.69 Å². The van der Waals surface area contributed by atoms with E-state index < -0.39 is 4.92 Å². The van der Waals surface area contributed by atoms with Crippen molar-refractivity contribution < 1.29 is 9.66 Å². The summed E-state index contributed by atoms with van der Waals surface area (Å²) in [6.07, 6.45) is 1.63. The molecule has 0 amide bonds. The number of hydrogen-bond acceptors (Lipinski definition) is 5. The molecular weight excluding hydrogens is 258 g/mol. The highest BCUT2D eigenvalue weighted by atomic mass is 16.6. The number of aromatic nitrogens is 1. The van der Waals surface area contributed by atoms with Gasteiger partial charge in [-0.2, -0.15) is 0 Å². The second kappa shape index (κ2) is 5.66. The molecule has 0 aliphatic rings. The number of nitrogens with zero attached hydrogens (tertiary/aromatic N) is 2. The lowest BCUT2D eigenvalue weighted by molar-refractivity contribution is -0.384. The van der Waals surface area contributed by atoms with Crippen molar-refractivity contribution in [1.29, 1.82) is 0 Å². The van der Waals surface area contributed by atoms with Crippen LogP contribution < -0.4 is 10.5 Å². The number of hydrogen-bond donors (Lipinski definition) is 1. The number of non-ortho nitro benzene ring substituents is 1. The van der Waals surface area contributed by atoms with Gasteiger partial charge in [-0.25, -0.2) is 4.98 Å². The Balaban J connectivity index is 2.34. The molecule has 0 fully saturated rings. The van der Waals surface area contributed by atoms with Gasteiger partial charge < -0.3 is 10.5 Å². The fourth-order valence-corrected chi connectivity index (χ4v) is 1.76. The lowest BCUT2D eigenvalue weighted by atomic mass is 10.2. The average molecular weight is 273 g/mol. The van der Waals surface area contributed by atoms with E-state index in [0.717, 1.165) is 16.7 Å². The van der Waals surface area contributed by atoms with Gasteiger partial charge in [-0.3, -0.25) is 10.1 Å². The minimum Gasteiger partial charge on any atom is -0.438 e. The van der Waals surface area contributed by atoms with E-state index in [2.05, 4.69) is 4.98 Å². The Morgan fingerprint density at radius 3 is 2.65 bits per heavy atom. The maximum Gasteiger partial charge on any atom is 0.273 e. The lowest BCUT2D eigenvalue weighted by Crippen LogP contribution is -2.00. The largest absolute Gasteiger partial charge is 0.438 e. The maximum atomic E-state index is 10.8. The van der Waals surface area contributed by atoms with E-state index in [1.807, 2.05) is 19.9 Å². The van der Waals surface area contributed by atoms with E-state index in [9.17, 15) is 10.1 Å². The van der Waals surface area contributed by atoms with E-state index in [0.29, 0.717) is 18.2 Å². The van der Waals surface area contributed by atoms with Gasteiger partial charge in [0.1, 0.15) is 5.75 Å². The summed E-state index contributed by atoms with van der Waals surface area (Å²) in [7, 11) is 0. The zero-order chi connectivity index (χ0) is 14.7. The van der Waals surface area contributed by atoms with E-state index in [1.54, 1.807) is 12.3 Å². The molecule has 0 atom stereocenters. The molecule has 104 valence electrons. The highest BCUT2D eigenvalue weighted by Gasteiger charge is 2.12. The van der Waals surface area contributed by atoms with Crippen LogP contribution in [0.1, 0.15) is 16.7 Å². The Morgan fingerprint density at radius 1 is 1.30 bits per heavy atom. The summed E-state index contributed by atoms with van der Waals surface area (Å²) in [5.74, 6) is 0.848. The number of nitro groups is 1. The molecule has 1 heterocycles. The van der Waals surface area contributed by atoms with Crippen molar-refractivity contribution in [3.05, 3.63) is 57.3 Å². The summed E-state index contributed by atoms with van der Waals surface area (Å²) in [6, 6.07) is 6.37. The molecule has 0 aliphatic carbocycles. The van der Waals surface area contributed by atoms with Gasteiger partial charge in [0.05, 0.1) is 11.0 Å². The molecule has 2 N–H and O–H groups in total. The summed E-state index contributed by atoms with van der Waals surface area (Å²) in [5, 5.41) is 10.8. The van der Waals surface area contributed by atoms with Crippen molar-refractivity contribution >= 4 is 5.69 Å². The quantitative estimate of drug-likeness (QED) is 0.683. The van der Waals surface area contributed by atoms with Crippen LogP contribution in [0.25, 0.3) is 0 Å². The minimum atomic E-state index is -0.454. The SMILES string of the molecule is Cc1ccc([N+](=O)[O-])cc1Oc1ncc(CN)cc1C. The van der Waals surface area contributed by atoms with E-state index in [1.165, 1.54) is 12.1 Å². The van der Waals surface area contributed by atoms with E-state index >= 15 is 0 Å². The predicted octanol–water partition coefficient (Wildman–Crippen LogP) is 2.86. The van der Waals surface area contributed by atoms with Gasteiger partial charge in [0.2, 0.25) is 5.88 Å². The Hall–Kier alpha value is -2.47. The standard InChI is InChI=1S/C14H15N3O3/c1-9-3-4-12(17(18)19)6-13(9)20-14-10(2)5-11(7-15)8-16-14/h3-6,8H,7,15H2,1-2H3. The van der Waals surface area contributed by atoms with Gasteiger partial charge in [-0.15, -0.1) is 0 Å². The van der Waals surface area contributed by atoms with Gasteiger partial charge in [0.15, 0.2) is 0 Å². The van der Waals surface area contributed by atoms with Crippen LogP contribution in [0.5, 0.6) is 11.6 Å². The summed E-state index contributed by atoms with van der Waals surface area (Å²) in [4.78, 5) is 14.5. The maximum absolute atomic E-state index is 10.8. The van der Waals surface area contributed by atoms with E-state index in [-0.39, 0.29) is 5.69 Å². The average Bonchev–Trinajstić information content (AvgIpc) is 2.42. The monoisotopic (exact) mass is 273 g/mol. The molecule has 0 aliphatic heterocycles. The van der Waals surface area contributed by atoms with Crippen molar-refractivity contribution in [2.45, 2.75) is 20.4 Å². The van der Waals surface area contributed by atoms with Crippen molar-refractivity contribution in [3.8, 4) is 11.6 Å². The van der Waals surface area contributed by atoms with Crippen molar-refractivity contribution in [1.82, 2.24) is 4.98 Å². The second-order valence-electron chi connectivity index (χ2n) is 4.48. The fourth-order valence-electron chi connectivity index (χ4n) is 1.76. The van der Waals surface area contributed by atoms with E-state index in [4.69, 9.17) is 10.5 Å². The normalized spacial score (nSPS) is 10.3. The van der Waals surface area contributed by atoms with Gasteiger partial charge in [0, 0.05) is 24.4 Å². The number of pyridine rings is 1. The first-order valence-corrected chi connectivity index (χ1v) is 6.09. The molecule has 6 nitrogen and oxygen atoms in total. The van der Waals surface area contributed by atoms with Gasteiger partial charge in [-0.05, 0) is 37.1 Å². The number of benzene rings is 1. The number of ether oxygens (including phenoxy) is 1. The molecule has 1 aromatic heterocycles. The highest BCUT2D eigenvalue weighted by Crippen LogP contribution is 2.29. The third-order valence-corrected chi connectivity index (χ3v) is 2.91. The number of nitro benzene ring substituents is 1. The Bertz CT molecular complexity index is 656. The Morgan fingerprint density at radius 2 is 2.05 bits per heavy atom. The molecule has 20 heavy (non-hydrogen) atoms. The highest BCUT2D eigenvalue weighted by molar-refractivity contribution is 5.45. The second-order valence-corrected chi connectivity index (χ2v) is 4.48. The van der Waals surface area contributed by atoms with Crippen molar-refractivity contribution in [2.75, 3.05) is 0 Å². The van der Waals surface area contributed by atoms with Crippen LogP contribution in [0.15, 0.2) is 30.5 Å². The van der Waals surface area contributed by atoms with Crippen LogP contribution in [0.2, 0.25) is 0 Å². The zero-order valence-corrected chi connectivity index (χ0v) is 11.3. The summed E-state index contributed by atoms with van der Waals surface area (Å²) in [5.41, 5.74) is 8.08. The van der Waals surface area contributed by atoms with Crippen molar-refractivity contribution in [3.63, 3.8) is 0 Å². The summed E-state index contributed by atoms with van der Waals surface area (Å²) < 4.78 is 5.67. The lowest BCUT2D eigenvalue weighted by Gasteiger charge is -2.10. The molecule has 0 saturated carbocycles. The molecular formula is C14H15N3O3. The van der Waals surface area contributed by atoms with Crippen LogP contribution in [0.3, 0.4) is 0 Å². The first kappa shape index (κ1) is 14.0. The molecule has 6 heteroatoms. The van der Waals surface area contributed by atoms with Crippen LogP contribution in [-0.2, 0) is 6.54 Å². The fraction of sp³-hybridized carbons (Fsp3) is 0.214. The van der Waals surface area contributed by atoms with Crippen LogP contribution in [0.4, 0.5) is 5.69 Å². The minimum absolute atomic E-state index is 0.0122. The number of nitrogens with two attached hydrogens (primary N) is 1. The molecule has 0 spiro atoms.